The number of aryl methyl sites for hydroxylation is 2. The van der Waals surface area contributed by atoms with Gasteiger partial charge in [0, 0.05) is 0 Å². The van der Waals surface area contributed by atoms with Gasteiger partial charge in [-0.1, -0.05) is 65.3 Å². The fraction of sp³-hybridized carbons (Fsp3) is 0.167. The van der Waals surface area contributed by atoms with E-state index in [1.807, 2.05) is 61.5 Å². The summed E-state index contributed by atoms with van der Waals surface area (Å²) in [5.74, 6) is 0.123. The van der Waals surface area contributed by atoms with Gasteiger partial charge >= 0.3 is 0 Å². The highest BCUT2D eigenvalue weighted by molar-refractivity contribution is 7.92. The van der Waals surface area contributed by atoms with Crippen LogP contribution in [0.3, 0.4) is 0 Å². The summed E-state index contributed by atoms with van der Waals surface area (Å²) in [5.41, 5.74) is 3.57. The summed E-state index contributed by atoms with van der Waals surface area (Å²) in [5, 5.41) is 3.72. The number of aromatic nitrogens is 1. The standard InChI is InChI=1S/C18H18N2O3S/c1-14-7-9-16(10-8-14)17-13-19-23-18(17)20-24(21,22)12-11-15-5-3-2-4-6-15/h2-10,13,20H,11-12H2,1H3. The zero-order valence-electron chi connectivity index (χ0n) is 13.3. The number of rotatable bonds is 6. The molecule has 1 heterocycles. The maximum atomic E-state index is 12.3. The molecule has 1 N–H and O–H groups in total. The Bertz CT molecular complexity index is 901. The lowest BCUT2D eigenvalue weighted by Gasteiger charge is -2.07. The maximum Gasteiger partial charge on any atom is 0.245 e. The molecule has 0 aliphatic rings. The molecule has 0 unspecified atom stereocenters. The van der Waals surface area contributed by atoms with Crippen LogP contribution in [0.5, 0.6) is 0 Å². The van der Waals surface area contributed by atoms with Crippen molar-refractivity contribution in [1.29, 1.82) is 0 Å². The average Bonchev–Trinajstić information content (AvgIpc) is 3.02. The van der Waals surface area contributed by atoms with Crippen molar-refractivity contribution in [3.8, 4) is 11.1 Å². The number of benzene rings is 2. The van der Waals surface area contributed by atoms with Crippen LogP contribution in [0.25, 0.3) is 11.1 Å². The van der Waals surface area contributed by atoms with Crippen LogP contribution in [0.4, 0.5) is 5.88 Å². The quantitative estimate of drug-likeness (QED) is 0.742. The molecule has 0 amide bonds. The Hall–Kier alpha value is -2.60. The van der Waals surface area contributed by atoms with Crippen molar-refractivity contribution in [2.24, 2.45) is 0 Å². The van der Waals surface area contributed by atoms with E-state index in [-0.39, 0.29) is 11.6 Å². The van der Waals surface area contributed by atoms with E-state index >= 15 is 0 Å². The second kappa shape index (κ2) is 6.88. The van der Waals surface area contributed by atoms with E-state index in [2.05, 4.69) is 9.88 Å². The van der Waals surface area contributed by atoms with Crippen LogP contribution in [-0.2, 0) is 16.4 Å². The van der Waals surface area contributed by atoms with Gasteiger partial charge < -0.3 is 4.52 Å². The molecule has 0 saturated heterocycles. The summed E-state index contributed by atoms with van der Waals surface area (Å²) in [6.45, 7) is 1.99. The van der Waals surface area contributed by atoms with Crippen molar-refractivity contribution in [3.05, 3.63) is 71.9 Å². The van der Waals surface area contributed by atoms with E-state index in [0.717, 1.165) is 16.7 Å². The molecule has 124 valence electrons. The topological polar surface area (TPSA) is 72.2 Å². The minimum Gasteiger partial charge on any atom is -0.337 e. The van der Waals surface area contributed by atoms with Crippen molar-refractivity contribution in [1.82, 2.24) is 5.16 Å². The third kappa shape index (κ3) is 4.02. The van der Waals surface area contributed by atoms with Crippen LogP contribution in [0.2, 0.25) is 0 Å². The molecule has 0 saturated carbocycles. The molecule has 3 aromatic rings. The van der Waals surface area contributed by atoms with Gasteiger partial charge in [-0.15, -0.1) is 0 Å². The molecular weight excluding hydrogens is 324 g/mol. The van der Waals surface area contributed by atoms with Crippen LogP contribution in [-0.4, -0.2) is 19.3 Å². The SMILES string of the molecule is Cc1ccc(-c2cnoc2NS(=O)(=O)CCc2ccccc2)cc1. The van der Waals surface area contributed by atoms with E-state index in [1.165, 1.54) is 6.20 Å². The molecule has 0 radical (unpaired) electrons. The molecule has 1 aromatic heterocycles. The number of sulfonamides is 1. The predicted molar refractivity (Wildman–Crippen MR) is 94.2 cm³/mol. The monoisotopic (exact) mass is 342 g/mol. The second-order valence-electron chi connectivity index (χ2n) is 5.59. The maximum absolute atomic E-state index is 12.3. The van der Waals surface area contributed by atoms with E-state index < -0.39 is 10.0 Å². The van der Waals surface area contributed by atoms with Gasteiger partial charge in [0.1, 0.15) is 0 Å². The van der Waals surface area contributed by atoms with Crippen LogP contribution >= 0.6 is 0 Å². The highest BCUT2D eigenvalue weighted by Crippen LogP contribution is 2.28. The Labute approximate surface area is 141 Å². The van der Waals surface area contributed by atoms with E-state index in [1.54, 1.807) is 0 Å². The Balaban J connectivity index is 1.74. The molecule has 6 heteroatoms. The molecule has 2 aromatic carbocycles. The van der Waals surface area contributed by atoms with Crippen LogP contribution < -0.4 is 4.72 Å². The molecule has 0 spiro atoms. The van der Waals surface area contributed by atoms with Gasteiger partial charge in [-0.3, -0.25) is 4.72 Å². The van der Waals surface area contributed by atoms with Crippen molar-refractivity contribution >= 4 is 15.9 Å². The number of hydrogen-bond donors (Lipinski definition) is 1. The lowest BCUT2D eigenvalue weighted by molar-refractivity contribution is 0.435. The second-order valence-corrected chi connectivity index (χ2v) is 7.43. The van der Waals surface area contributed by atoms with Gasteiger partial charge in [0.25, 0.3) is 0 Å². The zero-order chi connectivity index (χ0) is 17.0. The van der Waals surface area contributed by atoms with Gasteiger partial charge in [0.2, 0.25) is 15.9 Å². The third-order valence-electron chi connectivity index (χ3n) is 3.68. The molecule has 5 nitrogen and oxygen atoms in total. The Kier molecular flexibility index (Phi) is 4.66. The number of nitrogens with one attached hydrogen (secondary N) is 1. The number of hydrogen-bond acceptors (Lipinski definition) is 4. The molecule has 0 aliphatic heterocycles. The van der Waals surface area contributed by atoms with Crippen LogP contribution in [0.1, 0.15) is 11.1 Å². The largest absolute Gasteiger partial charge is 0.337 e. The normalized spacial score (nSPS) is 11.4. The molecular formula is C18H18N2O3S. The first kappa shape index (κ1) is 16.3. The molecule has 0 bridgehead atoms. The Morgan fingerprint density at radius 2 is 1.75 bits per heavy atom. The van der Waals surface area contributed by atoms with E-state index in [0.29, 0.717) is 12.0 Å². The smallest absolute Gasteiger partial charge is 0.245 e. The highest BCUT2D eigenvalue weighted by Gasteiger charge is 2.17. The summed E-state index contributed by atoms with van der Waals surface area (Å²) in [7, 11) is -3.53. The van der Waals surface area contributed by atoms with Crippen molar-refractivity contribution in [3.63, 3.8) is 0 Å². The third-order valence-corrected chi connectivity index (χ3v) is 4.92. The first-order chi connectivity index (χ1) is 11.5. The molecule has 3 rings (SSSR count). The van der Waals surface area contributed by atoms with Crippen LogP contribution in [0.15, 0.2) is 65.3 Å². The summed E-state index contributed by atoms with van der Waals surface area (Å²) >= 11 is 0. The highest BCUT2D eigenvalue weighted by atomic mass is 32.2. The van der Waals surface area contributed by atoms with E-state index in [9.17, 15) is 8.42 Å². The van der Waals surface area contributed by atoms with Crippen LogP contribution in [0, 0.1) is 6.92 Å². The number of anilines is 1. The molecule has 0 atom stereocenters. The summed E-state index contributed by atoms with van der Waals surface area (Å²) in [6.07, 6.45) is 1.95. The van der Waals surface area contributed by atoms with Crippen molar-refractivity contribution in [2.45, 2.75) is 13.3 Å². The molecule has 0 fully saturated rings. The Morgan fingerprint density at radius 3 is 2.46 bits per heavy atom. The average molecular weight is 342 g/mol. The van der Waals surface area contributed by atoms with Gasteiger partial charge in [0.05, 0.1) is 17.5 Å². The first-order valence-electron chi connectivity index (χ1n) is 7.60. The summed E-state index contributed by atoms with van der Waals surface area (Å²) in [4.78, 5) is 0. The lowest BCUT2D eigenvalue weighted by Crippen LogP contribution is -2.18. The lowest BCUT2D eigenvalue weighted by atomic mass is 10.1. The summed E-state index contributed by atoms with van der Waals surface area (Å²) < 4.78 is 32.2. The van der Waals surface area contributed by atoms with Gasteiger partial charge in [0.15, 0.2) is 0 Å². The predicted octanol–water partition coefficient (Wildman–Crippen LogP) is 3.63. The van der Waals surface area contributed by atoms with Gasteiger partial charge in [-0.2, -0.15) is 0 Å². The Morgan fingerprint density at radius 1 is 1.04 bits per heavy atom. The first-order valence-corrected chi connectivity index (χ1v) is 9.25. The zero-order valence-corrected chi connectivity index (χ0v) is 14.1. The van der Waals surface area contributed by atoms with Crippen molar-refractivity contribution in [2.75, 3.05) is 10.5 Å². The number of nitrogens with zero attached hydrogens (tertiary/aromatic N) is 1. The minimum atomic E-state index is -3.53. The fourth-order valence-electron chi connectivity index (χ4n) is 2.34. The molecule has 24 heavy (non-hydrogen) atoms. The van der Waals surface area contributed by atoms with Gasteiger partial charge in [-0.25, -0.2) is 8.42 Å². The van der Waals surface area contributed by atoms with Gasteiger partial charge in [-0.05, 0) is 24.5 Å². The fourth-order valence-corrected chi connectivity index (χ4v) is 3.38. The minimum absolute atomic E-state index is 0.0228. The van der Waals surface area contributed by atoms with Crippen molar-refractivity contribution < 1.29 is 12.9 Å². The van der Waals surface area contributed by atoms with E-state index in [4.69, 9.17) is 4.52 Å². The summed E-state index contributed by atoms with van der Waals surface area (Å²) in [6, 6.07) is 17.2. The molecule has 0 aliphatic carbocycles.